The molecule has 5 nitrogen and oxygen atoms in total. The van der Waals surface area contributed by atoms with E-state index in [0.717, 1.165) is 27.7 Å². The second-order valence-corrected chi connectivity index (χ2v) is 6.91. The van der Waals surface area contributed by atoms with E-state index < -0.39 is 0 Å². The average molecular weight is 354 g/mol. The van der Waals surface area contributed by atoms with Crippen LogP contribution in [-0.4, -0.2) is 32.9 Å². The van der Waals surface area contributed by atoms with Crippen molar-refractivity contribution < 1.29 is 9.13 Å². The molecule has 0 amide bonds. The first kappa shape index (κ1) is 15.8. The molecule has 0 bridgehead atoms. The third-order valence-corrected chi connectivity index (χ3v) is 5.02. The molecule has 1 atom stereocenters. The number of nitrogens with zero attached hydrogens (tertiary/aromatic N) is 4. The number of fused-ring (bicyclic) bond motifs is 1. The number of hydrogen-bond acceptors (Lipinski definition) is 5. The van der Waals surface area contributed by atoms with Crippen LogP contribution in [0, 0.1) is 5.82 Å². The van der Waals surface area contributed by atoms with Crippen molar-refractivity contribution in [1.82, 2.24) is 14.9 Å². The lowest BCUT2D eigenvalue weighted by molar-refractivity contribution is 0.415. The first-order chi connectivity index (χ1) is 12.2. The molecule has 1 aromatic heterocycles. The molecule has 4 rings (SSSR count). The minimum atomic E-state index is -0.260. The molecule has 0 radical (unpaired) electrons. The van der Waals surface area contributed by atoms with Crippen LogP contribution < -0.4 is 4.74 Å². The molecular formula is C18H15FN4OS. The Morgan fingerprint density at radius 1 is 1.00 bits per heavy atom. The van der Waals surface area contributed by atoms with Crippen molar-refractivity contribution in [3.63, 3.8) is 0 Å². The molecule has 0 unspecified atom stereocenters. The predicted octanol–water partition coefficient (Wildman–Crippen LogP) is 3.84. The summed E-state index contributed by atoms with van der Waals surface area (Å²) in [6, 6.07) is 14.0. The first-order valence-corrected chi connectivity index (χ1v) is 8.65. The molecule has 0 saturated heterocycles. The van der Waals surface area contributed by atoms with Crippen LogP contribution in [0.2, 0.25) is 0 Å². The average Bonchev–Trinajstić information content (AvgIpc) is 3.04. The predicted molar refractivity (Wildman–Crippen MR) is 95.7 cm³/mol. The summed E-state index contributed by atoms with van der Waals surface area (Å²) in [6.07, 6.45) is 0. The van der Waals surface area contributed by atoms with Gasteiger partial charge in [-0.2, -0.15) is 9.78 Å². The lowest BCUT2D eigenvalue weighted by Gasteiger charge is -2.20. The number of ether oxygens (including phenoxy) is 1. The van der Waals surface area contributed by atoms with Gasteiger partial charge in [-0.3, -0.25) is 0 Å². The highest BCUT2D eigenvalue weighted by Gasteiger charge is 2.26. The van der Waals surface area contributed by atoms with E-state index in [1.54, 1.807) is 35.7 Å². The Morgan fingerprint density at radius 3 is 2.36 bits per heavy atom. The van der Waals surface area contributed by atoms with Gasteiger partial charge in [-0.1, -0.05) is 23.9 Å². The molecule has 0 N–H and O–H groups in total. The summed E-state index contributed by atoms with van der Waals surface area (Å²) < 4.78 is 20.1. The molecule has 2 aromatic carbocycles. The van der Waals surface area contributed by atoms with Crippen LogP contribution in [0.4, 0.5) is 4.39 Å². The molecule has 25 heavy (non-hydrogen) atoms. The Hall–Kier alpha value is -2.67. The largest absolute Gasteiger partial charge is 0.497 e. The van der Waals surface area contributed by atoms with Crippen molar-refractivity contribution >= 4 is 17.5 Å². The lowest BCUT2D eigenvalue weighted by Crippen LogP contribution is -2.21. The lowest BCUT2D eigenvalue weighted by atomic mass is 10.1. The third kappa shape index (κ3) is 2.91. The summed E-state index contributed by atoms with van der Waals surface area (Å²) in [4.78, 5) is 0. The summed E-state index contributed by atoms with van der Waals surface area (Å²) >= 11 is 1.58. The van der Waals surface area contributed by atoms with Crippen LogP contribution in [0.25, 0.3) is 11.4 Å². The van der Waals surface area contributed by atoms with E-state index in [-0.39, 0.29) is 11.1 Å². The number of halogens is 1. The van der Waals surface area contributed by atoms with Crippen molar-refractivity contribution in [2.24, 2.45) is 5.10 Å². The van der Waals surface area contributed by atoms with Gasteiger partial charge in [0.25, 0.3) is 0 Å². The summed E-state index contributed by atoms with van der Waals surface area (Å²) in [5.41, 5.74) is 2.66. The Labute approximate surface area is 148 Å². The van der Waals surface area contributed by atoms with Gasteiger partial charge in [0.15, 0.2) is 5.82 Å². The van der Waals surface area contributed by atoms with Gasteiger partial charge in [0.1, 0.15) is 11.6 Å². The summed E-state index contributed by atoms with van der Waals surface area (Å²) in [5, 5.41) is 14.1. The molecule has 1 aliphatic rings. The minimum Gasteiger partial charge on any atom is -0.497 e. The second-order valence-electron chi connectivity index (χ2n) is 5.60. The molecule has 0 spiro atoms. The zero-order chi connectivity index (χ0) is 17.4. The zero-order valence-electron chi connectivity index (χ0n) is 13.7. The van der Waals surface area contributed by atoms with Crippen LogP contribution in [0.1, 0.15) is 12.5 Å². The van der Waals surface area contributed by atoms with Gasteiger partial charge in [-0.15, -0.1) is 10.2 Å². The number of methoxy groups -OCH3 is 1. The number of benzene rings is 2. The van der Waals surface area contributed by atoms with E-state index in [1.165, 1.54) is 12.1 Å². The Morgan fingerprint density at radius 2 is 1.68 bits per heavy atom. The van der Waals surface area contributed by atoms with E-state index in [0.29, 0.717) is 5.82 Å². The van der Waals surface area contributed by atoms with Gasteiger partial charge in [-0.25, -0.2) is 4.39 Å². The van der Waals surface area contributed by atoms with E-state index in [2.05, 4.69) is 17.1 Å². The van der Waals surface area contributed by atoms with E-state index in [1.807, 2.05) is 24.3 Å². The third-order valence-electron chi connectivity index (χ3n) is 3.98. The molecule has 2 heterocycles. The van der Waals surface area contributed by atoms with Crippen molar-refractivity contribution in [3.8, 4) is 17.1 Å². The Bertz CT molecular complexity index is 935. The van der Waals surface area contributed by atoms with Gasteiger partial charge in [0.2, 0.25) is 5.16 Å². The molecule has 1 aliphatic heterocycles. The standard InChI is InChI=1S/C18H15FN4OS/c1-11-16(12-3-7-14(19)8-4-12)22-23-17(20-21-18(23)25-11)13-5-9-15(24-2)10-6-13/h3-11H,1-2H3/t11-/m0/s1. The van der Waals surface area contributed by atoms with Crippen LogP contribution in [0.15, 0.2) is 58.8 Å². The zero-order valence-corrected chi connectivity index (χ0v) is 14.5. The highest BCUT2D eigenvalue weighted by Crippen LogP contribution is 2.33. The van der Waals surface area contributed by atoms with Crippen molar-refractivity contribution in [2.45, 2.75) is 17.3 Å². The number of rotatable bonds is 3. The fourth-order valence-corrected chi connectivity index (χ4v) is 3.59. The van der Waals surface area contributed by atoms with Crippen LogP contribution >= 0.6 is 11.8 Å². The van der Waals surface area contributed by atoms with E-state index in [9.17, 15) is 4.39 Å². The highest BCUT2D eigenvalue weighted by atomic mass is 32.2. The SMILES string of the molecule is COc1ccc(-c2nnc3n2N=C(c2ccc(F)cc2)[C@H](C)S3)cc1. The van der Waals surface area contributed by atoms with E-state index in [4.69, 9.17) is 9.84 Å². The Balaban J connectivity index is 1.78. The summed E-state index contributed by atoms with van der Waals surface area (Å²) in [6.45, 7) is 2.05. The topological polar surface area (TPSA) is 52.3 Å². The number of hydrogen-bond donors (Lipinski definition) is 0. The summed E-state index contributed by atoms with van der Waals surface area (Å²) in [7, 11) is 1.63. The fraction of sp³-hybridized carbons (Fsp3) is 0.167. The van der Waals surface area contributed by atoms with Crippen LogP contribution in [0.5, 0.6) is 5.75 Å². The monoisotopic (exact) mass is 354 g/mol. The van der Waals surface area contributed by atoms with Crippen LogP contribution in [0.3, 0.4) is 0 Å². The van der Waals surface area contributed by atoms with Crippen molar-refractivity contribution in [2.75, 3.05) is 7.11 Å². The molecular weight excluding hydrogens is 339 g/mol. The van der Waals surface area contributed by atoms with Gasteiger partial charge in [0, 0.05) is 5.56 Å². The van der Waals surface area contributed by atoms with Gasteiger partial charge < -0.3 is 4.74 Å². The fourth-order valence-electron chi connectivity index (χ4n) is 2.67. The molecule has 126 valence electrons. The molecule has 7 heteroatoms. The number of thioether (sulfide) groups is 1. The van der Waals surface area contributed by atoms with E-state index >= 15 is 0 Å². The maximum Gasteiger partial charge on any atom is 0.213 e. The van der Waals surface area contributed by atoms with Crippen LogP contribution in [-0.2, 0) is 0 Å². The first-order valence-electron chi connectivity index (χ1n) is 7.77. The molecule has 0 saturated carbocycles. The minimum absolute atomic E-state index is 0.103. The number of aromatic nitrogens is 3. The smallest absolute Gasteiger partial charge is 0.213 e. The molecule has 0 aliphatic carbocycles. The van der Waals surface area contributed by atoms with Gasteiger partial charge >= 0.3 is 0 Å². The van der Waals surface area contributed by atoms with Crippen molar-refractivity contribution in [1.29, 1.82) is 0 Å². The maximum absolute atomic E-state index is 13.2. The Kier molecular flexibility index (Phi) is 4.01. The normalized spacial score (nSPS) is 16.3. The quantitative estimate of drug-likeness (QED) is 0.717. The van der Waals surface area contributed by atoms with Crippen molar-refractivity contribution in [3.05, 3.63) is 59.9 Å². The van der Waals surface area contributed by atoms with Gasteiger partial charge in [0.05, 0.1) is 18.1 Å². The summed E-state index contributed by atoms with van der Waals surface area (Å²) in [5.74, 6) is 1.18. The highest BCUT2D eigenvalue weighted by molar-refractivity contribution is 8.00. The second kappa shape index (κ2) is 6.33. The van der Waals surface area contributed by atoms with Gasteiger partial charge in [-0.05, 0) is 48.9 Å². The maximum atomic E-state index is 13.2. The molecule has 3 aromatic rings. The molecule has 0 fully saturated rings.